The Morgan fingerprint density at radius 2 is 1.71 bits per heavy atom. The largest absolute Gasteiger partial charge is 0.790 e. The number of allylic oxidation sites excluding steroid dienone is 1. The number of phenolic OH excluding ortho intramolecular Hbond substituents is 1. The van der Waals surface area contributed by atoms with Gasteiger partial charge in [-0.3, -0.25) is 32.9 Å². The van der Waals surface area contributed by atoms with Crippen molar-refractivity contribution in [3.8, 4) is 5.75 Å². The van der Waals surface area contributed by atoms with E-state index in [0.717, 1.165) is 29.0 Å². The van der Waals surface area contributed by atoms with Gasteiger partial charge in [-0.15, -0.1) is 0 Å². The Bertz CT molecular complexity index is 2260. The Morgan fingerprint density at radius 1 is 1.03 bits per heavy atom. The number of benzene rings is 1. The minimum atomic E-state index is -5.94. The van der Waals surface area contributed by atoms with E-state index in [1.54, 1.807) is 12.1 Å². The molecule has 0 radical (unpaired) electrons. The molecule has 3 heterocycles. The number of aromatic nitrogens is 4. The fourth-order valence-electron chi connectivity index (χ4n) is 5.30. The number of phosphoric acid groups is 3. The predicted octanol–water partition coefficient (Wildman–Crippen LogP) is -2.49. The van der Waals surface area contributed by atoms with Gasteiger partial charge in [-0.2, -0.15) is 0 Å². The van der Waals surface area contributed by atoms with Crippen molar-refractivity contribution < 1.29 is 90.4 Å². The van der Waals surface area contributed by atoms with Crippen LogP contribution in [0.4, 0.5) is 5.82 Å². The Kier molecular flexibility index (Phi) is 17.6. The number of imidazole rings is 1. The van der Waals surface area contributed by atoms with Crippen molar-refractivity contribution in [3.05, 3.63) is 48.6 Å². The van der Waals surface area contributed by atoms with Crippen LogP contribution in [0, 0.1) is 5.41 Å². The number of hydrogen-bond donors (Lipinski definition) is 6. The molecule has 7 N–H and O–H groups in total. The van der Waals surface area contributed by atoms with Crippen LogP contribution in [0.3, 0.4) is 0 Å². The number of carbonyl (C=O) groups is 4. The molecule has 26 nitrogen and oxygen atoms in total. The fraction of sp³-hybridized carbons (Fsp3) is 0.469. The van der Waals surface area contributed by atoms with E-state index in [1.165, 1.54) is 38.1 Å². The summed E-state index contributed by atoms with van der Waals surface area (Å²) in [5.74, 6) is -1.93. The van der Waals surface area contributed by atoms with Crippen LogP contribution in [0.25, 0.3) is 17.2 Å². The number of aromatic hydroxyl groups is 1. The molecular weight excluding hydrogens is 911 g/mol. The van der Waals surface area contributed by atoms with Gasteiger partial charge in [-0.1, -0.05) is 43.8 Å². The molecule has 0 bridgehead atoms. The van der Waals surface area contributed by atoms with Gasteiger partial charge >= 0.3 is 0 Å². The molecule has 7 atom stereocenters. The number of phosphoric ester groups is 3. The number of nitrogen functional groups attached to an aromatic ring is 1. The minimum Gasteiger partial charge on any atom is -0.790 e. The molecule has 1 aromatic carbocycles. The first-order valence-corrected chi connectivity index (χ1v) is 23.2. The molecule has 2 unspecified atom stereocenters. The average molecular weight is 952 g/mol. The first-order chi connectivity index (χ1) is 28.9. The van der Waals surface area contributed by atoms with E-state index >= 15 is 0 Å². The van der Waals surface area contributed by atoms with Gasteiger partial charge in [-0.25, -0.2) is 19.3 Å². The molecule has 3 aromatic rings. The second-order valence-electron chi connectivity index (χ2n) is 13.8. The summed E-state index contributed by atoms with van der Waals surface area (Å²) in [6.07, 6.45) is -5.45. The van der Waals surface area contributed by atoms with Crippen molar-refractivity contribution in [2.24, 2.45) is 5.41 Å². The predicted molar refractivity (Wildman–Crippen MR) is 205 cm³/mol. The van der Waals surface area contributed by atoms with Crippen LogP contribution in [0.2, 0.25) is 0 Å². The smallest absolute Gasteiger partial charge is 0.274 e. The van der Waals surface area contributed by atoms with E-state index in [1.807, 2.05) is 0 Å². The third-order valence-corrected chi connectivity index (χ3v) is 12.3. The van der Waals surface area contributed by atoms with Crippen LogP contribution >= 0.6 is 35.2 Å². The Hall–Kier alpha value is -4.01. The molecule has 1 saturated heterocycles. The van der Waals surface area contributed by atoms with E-state index in [0.29, 0.717) is 5.56 Å². The van der Waals surface area contributed by atoms with Gasteiger partial charge < -0.3 is 74.1 Å². The maximum absolute atomic E-state index is 12.6. The Balaban J connectivity index is 1.18. The number of hydrogen-bond acceptors (Lipinski definition) is 24. The van der Waals surface area contributed by atoms with Crippen LogP contribution in [-0.2, 0) is 55.5 Å². The number of phenols is 1. The van der Waals surface area contributed by atoms with Gasteiger partial charge in [0.2, 0.25) is 11.8 Å². The summed E-state index contributed by atoms with van der Waals surface area (Å²) in [6.45, 7) is -0.224. The molecule has 0 aliphatic carbocycles. The normalized spacial score (nSPS) is 20.7. The maximum Gasteiger partial charge on any atom is 0.274 e. The van der Waals surface area contributed by atoms with Gasteiger partial charge in [0.1, 0.15) is 42.0 Å². The van der Waals surface area contributed by atoms with E-state index in [9.17, 15) is 67.8 Å². The summed E-state index contributed by atoms with van der Waals surface area (Å²) in [5.41, 5.74) is 4.65. The average Bonchev–Trinajstić information content (AvgIpc) is 3.74. The third-order valence-electron chi connectivity index (χ3n) is 8.41. The molecule has 1 aliphatic heterocycles. The number of aliphatic hydroxyl groups is 2. The number of aliphatic hydroxyl groups excluding tert-OH is 2. The zero-order valence-electron chi connectivity index (χ0n) is 32.4. The van der Waals surface area contributed by atoms with Crippen LogP contribution in [0.15, 0.2) is 43.0 Å². The molecule has 0 saturated carbocycles. The van der Waals surface area contributed by atoms with Crippen LogP contribution in [0.1, 0.15) is 38.5 Å². The van der Waals surface area contributed by atoms with Gasteiger partial charge in [-0.05, 0) is 23.8 Å². The van der Waals surface area contributed by atoms with Crippen molar-refractivity contribution in [1.29, 1.82) is 0 Å². The molecule has 1 fully saturated rings. The number of amides is 2. The molecule has 1 aliphatic rings. The lowest BCUT2D eigenvalue weighted by Crippen LogP contribution is -2.46. The zero-order chi connectivity index (χ0) is 46.0. The minimum absolute atomic E-state index is 0.0314. The number of nitrogens with one attached hydrogen (secondary N) is 2. The highest BCUT2D eigenvalue weighted by atomic mass is 32.2. The molecule has 2 aromatic heterocycles. The van der Waals surface area contributed by atoms with Crippen molar-refractivity contribution >= 4 is 81.0 Å². The maximum atomic E-state index is 12.6. The highest BCUT2D eigenvalue weighted by Gasteiger charge is 2.47. The number of fused-ring (bicyclic) bond motifs is 1. The Labute approximate surface area is 355 Å². The second-order valence-corrected chi connectivity index (χ2v) is 19.0. The summed E-state index contributed by atoms with van der Waals surface area (Å²) < 4.78 is 60.5. The second kappa shape index (κ2) is 21.6. The van der Waals surface area contributed by atoms with E-state index in [-0.39, 0.29) is 54.4 Å². The molecule has 30 heteroatoms. The fourth-order valence-corrected chi connectivity index (χ4v) is 8.71. The first kappa shape index (κ1) is 50.6. The third kappa shape index (κ3) is 15.4. The number of ether oxygens (including phenoxy) is 1. The van der Waals surface area contributed by atoms with Gasteiger partial charge in [0.05, 0.1) is 33.8 Å². The highest BCUT2D eigenvalue weighted by molar-refractivity contribution is 8.13. The Morgan fingerprint density at radius 3 is 2.39 bits per heavy atom. The van der Waals surface area contributed by atoms with Crippen LogP contribution in [-0.4, -0.2) is 114 Å². The molecule has 342 valence electrons. The van der Waals surface area contributed by atoms with Crippen molar-refractivity contribution in [1.82, 2.24) is 30.2 Å². The summed E-state index contributed by atoms with van der Waals surface area (Å²) in [7, 11) is -17.7. The topological polar surface area (TPSA) is 412 Å². The van der Waals surface area contributed by atoms with Crippen LogP contribution in [0.5, 0.6) is 5.75 Å². The monoisotopic (exact) mass is 951 g/mol. The number of nitrogens with two attached hydrogens (primary N) is 1. The van der Waals surface area contributed by atoms with Gasteiger partial charge in [0.15, 0.2) is 28.6 Å². The first-order valence-electron chi connectivity index (χ1n) is 17.8. The standard InChI is InChI=1S/C32H44N7O19P3S/c1-32(2,27(45)30(46)35-10-9-22(42)34-11-12-62-23(43)13-20(41)8-5-18-3-6-19(40)7-4-18)15-55-61(52,53)58-60(50,51)54-14-21-26(57-59(47,48)49)25(44)31(56-21)39-17-38-24-28(33)36-16-37-29(24)39/h3-8,16-17,21,25-27,31,40,44-45H,9-15H2,1-2H3,(H,34,42)(H,35,46)(H,50,51)(H,52,53)(H2,33,36,37)(H2,47,48,49)/p-4/b8-5+/t21-,25-,26-,27+,31-/m1/s1. The highest BCUT2D eigenvalue weighted by Crippen LogP contribution is 2.56. The lowest BCUT2D eigenvalue weighted by molar-refractivity contribution is -0.347. The van der Waals surface area contributed by atoms with E-state index in [4.69, 9.17) is 10.5 Å². The summed E-state index contributed by atoms with van der Waals surface area (Å²) in [6, 6.07) is 6.06. The lowest BCUT2D eigenvalue weighted by Gasteiger charge is -2.36. The quantitative estimate of drug-likeness (QED) is 0.0248. The number of rotatable bonds is 23. The number of anilines is 1. The molecular formula is C32H40N7O19P3S-4. The summed E-state index contributed by atoms with van der Waals surface area (Å²) in [5, 5.41) is 35.0. The zero-order valence-corrected chi connectivity index (χ0v) is 35.9. The van der Waals surface area contributed by atoms with E-state index < -0.39 is 95.5 Å². The van der Waals surface area contributed by atoms with Crippen LogP contribution < -0.4 is 35.9 Å². The summed E-state index contributed by atoms with van der Waals surface area (Å²) in [4.78, 5) is 108. The number of ketones is 1. The van der Waals surface area contributed by atoms with Crippen molar-refractivity contribution in [2.75, 3.05) is 37.8 Å². The lowest BCUT2D eigenvalue weighted by atomic mass is 9.87. The van der Waals surface area contributed by atoms with Gasteiger partial charge in [0, 0.05) is 30.7 Å². The molecule has 4 rings (SSSR count). The number of thioether (sulfide) groups is 1. The van der Waals surface area contributed by atoms with E-state index in [2.05, 4.69) is 43.5 Å². The summed E-state index contributed by atoms with van der Waals surface area (Å²) >= 11 is 0.823. The number of nitrogens with zero attached hydrogens (tertiary/aromatic N) is 4. The molecule has 0 spiro atoms. The molecule has 2 amide bonds. The van der Waals surface area contributed by atoms with Crippen molar-refractivity contribution in [2.45, 2.75) is 57.3 Å². The SMILES string of the molecule is CC(C)(COP(=O)([O-])OP(=O)([O-])OC[C@H]1O[C@@H](n2cnc3c(N)ncnc32)[C@H](O)[C@@H]1OP(=O)([O-])[O-])[C@@H](O)C(=O)NCCC(=O)NCCSC(=O)CC(=O)/C=C/c1ccc(O)cc1. The van der Waals surface area contributed by atoms with Gasteiger partial charge in [0.25, 0.3) is 15.6 Å². The van der Waals surface area contributed by atoms with Crippen molar-refractivity contribution in [3.63, 3.8) is 0 Å². The molecule has 62 heavy (non-hydrogen) atoms. The number of carbonyl (C=O) groups excluding carboxylic acids is 4.